The number of rotatable bonds is 5. The van der Waals surface area contributed by atoms with Gasteiger partial charge >= 0.3 is 0 Å². The maximum absolute atomic E-state index is 11.7. The van der Waals surface area contributed by atoms with Gasteiger partial charge in [-0.25, -0.2) is 4.98 Å². The van der Waals surface area contributed by atoms with E-state index in [4.69, 9.17) is 10.5 Å². The summed E-state index contributed by atoms with van der Waals surface area (Å²) >= 11 is 1.32. The predicted octanol–water partition coefficient (Wildman–Crippen LogP) is 3.24. The molecular formula is C17H19N3O2S. The number of allylic oxidation sites excluding steroid dienone is 1. The highest BCUT2D eigenvalue weighted by Crippen LogP contribution is 2.32. The lowest BCUT2D eigenvalue weighted by Gasteiger charge is -2.02. The second-order valence-corrected chi connectivity index (χ2v) is 5.90. The second-order valence-electron chi connectivity index (χ2n) is 4.87. The first-order valence-corrected chi connectivity index (χ1v) is 7.93. The SMILES string of the molecule is CN=C(/C=C\C(C)c1nc(-c2ccccc2)c(C(N)=O)s1)OC. The fourth-order valence-corrected chi connectivity index (χ4v) is 3.00. The molecule has 1 aromatic heterocycles. The number of hydrogen-bond donors (Lipinski definition) is 1. The van der Waals surface area contributed by atoms with Crippen LogP contribution in [0.15, 0.2) is 47.5 Å². The van der Waals surface area contributed by atoms with Crippen molar-refractivity contribution < 1.29 is 9.53 Å². The Kier molecular flexibility index (Phi) is 5.65. The van der Waals surface area contributed by atoms with E-state index >= 15 is 0 Å². The van der Waals surface area contributed by atoms with Gasteiger partial charge in [0.05, 0.1) is 12.8 Å². The molecule has 0 saturated heterocycles. The lowest BCUT2D eigenvalue weighted by molar-refractivity contribution is 0.100. The van der Waals surface area contributed by atoms with Crippen LogP contribution in [0.4, 0.5) is 0 Å². The number of carbonyl (C=O) groups is 1. The van der Waals surface area contributed by atoms with Gasteiger partial charge in [0.1, 0.15) is 9.88 Å². The summed E-state index contributed by atoms with van der Waals surface area (Å²) in [4.78, 5) is 20.8. The van der Waals surface area contributed by atoms with Crippen molar-refractivity contribution >= 4 is 23.1 Å². The standard InChI is InChI=1S/C17H19N3O2S/c1-11(9-10-13(19-2)22-3)17-20-14(15(23-17)16(18)21)12-7-5-4-6-8-12/h4-11H,1-3H3,(H2,18,21)/b10-9-,19-13?. The van der Waals surface area contributed by atoms with Crippen molar-refractivity contribution in [3.63, 3.8) is 0 Å². The minimum absolute atomic E-state index is 0.0162. The number of primary amides is 1. The zero-order chi connectivity index (χ0) is 16.8. The molecule has 23 heavy (non-hydrogen) atoms. The van der Waals surface area contributed by atoms with Gasteiger partial charge in [-0.3, -0.25) is 9.79 Å². The van der Waals surface area contributed by atoms with Gasteiger partial charge in [-0.05, 0) is 6.08 Å². The quantitative estimate of drug-likeness (QED) is 0.675. The first kappa shape index (κ1) is 16.9. The van der Waals surface area contributed by atoms with Crippen LogP contribution >= 0.6 is 11.3 Å². The summed E-state index contributed by atoms with van der Waals surface area (Å²) in [5.41, 5.74) is 7.02. The molecule has 0 saturated carbocycles. The van der Waals surface area contributed by atoms with Crippen LogP contribution in [-0.2, 0) is 4.74 Å². The van der Waals surface area contributed by atoms with E-state index in [0.717, 1.165) is 10.6 Å². The largest absolute Gasteiger partial charge is 0.481 e. The molecule has 2 N–H and O–H groups in total. The molecule has 1 atom stereocenters. The highest BCUT2D eigenvalue weighted by atomic mass is 32.1. The number of methoxy groups -OCH3 is 1. The van der Waals surface area contributed by atoms with E-state index in [-0.39, 0.29) is 5.92 Å². The zero-order valence-electron chi connectivity index (χ0n) is 13.3. The molecule has 120 valence electrons. The van der Waals surface area contributed by atoms with Crippen molar-refractivity contribution in [1.82, 2.24) is 4.98 Å². The number of aliphatic imine (C=N–C) groups is 1. The Balaban J connectivity index is 2.36. The van der Waals surface area contributed by atoms with E-state index in [1.54, 1.807) is 20.2 Å². The molecule has 0 aliphatic heterocycles. The van der Waals surface area contributed by atoms with Crippen LogP contribution in [0.2, 0.25) is 0 Å². The smallest absolute Gasteiger partial charge is 0.261 e. The monoisotopic (exact) mass is 329 g/mol. The summed E-state index contributed by atoms with van der Waals surface area (Å²) in [7, 11) is 3.23. The fourth-order valence-electron chi connectivity index (χ4n) is 2.03. The van der Waals surface area contributed by atoms with Crippen molar-refractivity contribution in [2.75, 3.05) is 14.2 Å². The summed E-state index contributed by atoms with van der Waals surface area (Å²) < 4.78 is 5.09. The minimum atomic E-state index is -0.462. The van der Waals surface area contributed by atoms with Crippen LogP contribution in [0, 0.1) is 0 Å². The van der Waals surface area contributed by atoms with Gasteiger partial charge in [-0.15, -0.1) is 11.3 Å². The average Bonchev–Trinajstić information content (AvgIpc) is 3.02. The topological polar surface area (TPSA) is 77.6 Å². The molecule has 6 heteroatoms. The Morgan fingerprint density at radius 2 is 2.09 bits per heavy atom. The van der Waals surface area contributed by atoms with Crippen LogP contribution < -0.4 is 5.73 Å². The summed E-state index contributed by atoms with van der Waals surface area (Å²) in [6.07, 6.45) is 3.72. The van der Waals surface area contributed by atoms with Crippen molar-refractivity contribution in [3.05, 3.63) is 52.4 Å². The highest BCUT2D eigenvalue weighted by molar-refractivity contribution is 7.14. The lowest BCUT2D eigenvalue weighted by atomic mass is 10.1. The number of carbonyl (C=O) groups excluding carboxylic acids is 1. The molecule has 0 radical (unpaired) electrons. The zero-order valence-corrected chi connectivity index (χ0v) is 14.1. The van der Waals surface area contributed by atoms with Gasteiger partial charge in [0.15, 0.2) is 0 Å². The number of nitrogens with two attached hydrogens (primary N) is 1. The summed E-state index contributed by atoms with van der Waals surface area (Å²) in [5.74, 6) is 0.0887. The van der Waals surface area contributed by atoms with Gasteiger partial charge < -0.3 is 10.5 Å². The molecule has 0 aliphatic carbocycles. The normalized spacial score (nSPS) is 13.3. The number of hydrogen-bond acceptors (Lipinski definition) is 5. The molecule has 0 spiro atoms. The molecule has 0 bridgehead atoms. The Hall–Kier alpha value is -2.47. The molecule has 1 aromatic carbocycles. The Bertz CT molecular complexity index is 736. The minimum Gasteiger partial charge on any atom is -0.481 e. The second kappa shape index (κ2) is 7.69. The van der Waals surface area contributed by atoms with Gasteiger partial charge in [0, 0.05) is 18.5 Å². The van der Waals surface area contributed by atoms with Crippen molar-refractivity contribution in [3.8, 4) is 11.3 Å². The number of amides is 1. The van der Waals surface area contributed by atoms with E-state index in [0.29, 0.717) is 16.5 Å². The molecule has 0 fully saturated rings. The molecular weight excluding hydrogens is 310 g/mol. The van der Waals surface area contributed by atoms with E-state index in [2.05, 4.69) is 9.98 Å². The number of nitrogens with zero attached hydrogens (tertiary/aromatic N) is 2. The highest BCUT2D eigenvalue weighted by Gasteiger charge is 2.19. The van der Waals surface area contributed by atoms with Crippen LogP contribution in [0.25, 0.3) is 11.3 Å². The van der Waals surface area contributed by atoms with Gasteiger partial charge in [0.25, 0.3) is 5.91 Å². The maximum Gasteiger partial charge on any atom is 0.261 e. The lowest BCUT2D eigenvalue weighted by Crippen LogP contribution is -2.10. The van der Waals surface area contributed by atoms with E-state index in [1.807, 2.05) is 43.3 Å². The molecule has 2 aromatic rings. The number of aromatic nitrogens is 1. The van der Waals surface area contributed by atoms with E-state index in [9.17, 15) is 4.79 Å². The van der Waals surface area contributed by atoms with Crippen molar-refractivity contribution in [2.24, 2.45) is 10.7 Å². The Morgan fingerprint density at radius 1 is 1.39 bits per heavy atom. The maximum atomic E-state index is 11.7. The third kappa shape index (κ3) is 4.04. The van der Waals surface area contributed by atoms with Crippen LogP contribution in [0.5, 0.6) is 0 Å². The van der Waals surface area contributed by atoms with Crippen LogP contribution in [0.3, 0.4) is 0 Å². The van der Waals surface area contributed by atoms with Gasteiger partial charge in [0.2, 0.25) is 5.90 Å². The number of thiazole rings is 1. The van der Waals surface area contributed by atoms with E-state index < -0.39 is 5.91 Å². The molecule has 2 rings (SSSR count). The van der Waals surface area contributed by atoms with Crippen molar-refractivity contribution in [2.45, 2.75) is 12.8 Å². The molecule has 0 aliphatic rings. The van der Waals surface area contributed by atoms with E-state index in [1.165, 1.54) is 11.3 Å². The summed E-state index contributed by atoms with van der Waals surface area (Å²) in [5, 5.41) is 0.820. The summed E-state index contributed by atoms with van der Waals surface area (Å²) in [6.45, 7) is 2.00. The number of ether oxygens (including phenoxy) is 1. The Morgan fingerprint density at radius 3 is 2.65 bits per heavy atom. The predicted molar refractivity (Wildman–Crippen MR) is 94.0 cm³/mol. The average molecular weight is 329 g/mol. The summed E-state index contributed by atoms with van der Waals surface area (Å²) in [6, 6.07) is 9.57. The molecule has 1 heterocycles. The fraction of sp³-hybridized carbons (Fsp3) is 0.235. The molecule has 1 unspecified atom stereocenters. The van der Waals surface area contributed by atoms with Crippen molar-refractivity contribution in [1.29, 1.82) is 0 Å². The third-order valence-corrected chi connectivity index (χ3v) is 4.53. The van der Waals surface area contributed by atoms with Crippen LogP contribution in [-0.4, -0.2) is 30.9 Å². The van der Waals surface area contributed by atoms with Gasteiger partial charge in [-0.2, -0.15) is 0 Å². The molecule has 5 nitrogen and oxygen atoms in total. The number of benzene rings is 1. The first-order valence-electron chi connectivity index (χ1n) is 7.11. The Labute approximate surface area is 139 Å². The third-order valence-electron chi connectivity index (χ3n) is 3.26. The first-order chi connectivity index (χ1) is 11.1. The molecule has 1 amide bonds. The van der Waals surface area contributed by atoms with Gasteiger partial charge in [-0.1, -0.05) is 43.3 Å². The van der Waals surface area contributed by atoms with Crippen LogP contribution in [0.1, 0.15) is 27.5 Å².